The van der Waals surface area contributed by atoms with Gasteiger partial charge in [-0.1, -0.05) is 0 Å². The molecule has 0 spiro atoms. The molecule has 76 valence electrons. The van der Waals surface area contributed by atoms with Gasteiger partial charge in [-0.3, -0.25) is 0 Å². The van der Waals surface area contributed by atoms with E-state index in [-0.39, 0.29) is 0 Å². The van der Waals surface area contributed by atoms with Crippen molar-refractivity contribution in [1.29, 1.82) is 0 Å². The fourth-order valence-corrected chi connectivity index (χ4v) is 2.92. The normalized spacial score (nSPS) is 36.2. The molecule has 1 atom stereocenters. The molecule has 0 saturated carbocycles. The van der Waals surface area contributed by atoms with Crippen molar-refractivity contribution in [2.75, 3.05) is 19.6 Å². The molecule has 14 heavy (non-hydrogen) atoms. The summed E-state index contributed by atoms with van der Waals surface area (Å²) >= 11 is 0. The second-order valence-electron chi connectivity index (χ2n) is 4.54. The van der Waals surface area contributed by atoms with Crippen molar-refractivity contribution >= 4 is 0 Å². The highest BCUT2D eigenvalue weighted by molar-refractivity contribution is 5.16. The minimum absolute atomic E-state index is 0.635. The summed E-state index contributed by atoms with van der Waals surface area (Å²) in [5.41, 5.74) is 2.29. The van der Waals surface area contributed by atoms with Crippen molar-refractivity contribution in [3.05, 3.63) is 11.4 Å². The number of nitrogens with zero attached hydrogens (tertiary/aromatic N) is 3. The summed E-state index contributed by atoms with van der Waals surface area (Å²) in [6, 6.07) is 0. The lowest BCUT2D eigenvalue weighted by atomic mass is 9.77. The molecule has 1 unspecified atom stereocenters. The summed E-state index contributed by atoms with van der Waals surface area (Å²) in [5.74, 6) is 1.49. The van der Waals surface area contributed by atoms with Crippen molar-refractivity contribution in [3.8, 4) is 0 Å². The maximum atomic E-state index is 4.30. The number of piperidine rings is 3. The number of fused-ring (bicyclic) bond motifs is 3. The minimum atomic E-state index is 0.635. The van der Waals surface area contributed by atoms with Crippen molar-refractivity contribution < 1.29 is 0 Å². The summed E-state index contributed by atoms with van der Waals surface area (Å²) in [5, 5.41) is 11.2. The largest absolute Gasteiger partial charge is 0.303 e. The minimum Gasteiger partial charge on any atom is -0.303 e. The second-order valence-corrected chi connectivity index (χ2v) is 4.54. The third-order valence-corrected chi connectivity index (χ3v) is 3.77. The topological polar surface area (TPSA) is 44.8 Å². The SMILES string of the molecule is Cc1n[nH]nc1C1CN2CCC1CC2. The first-order valence-corrected chi connectivity index (χ1v) is 5.44. The zero-order valence-electron chi connectivity index (χ0n) is 8.53. The Morgan fingerprint density at radius 1 is 1.29 bits per heavy atom. The number of aromatic nitrogens is 3. The molecule has 0 radical (unpaired) electrons. The van der Waals surface area contributed by atoms with Crippen molar-refractivity contribution in [1.82, 2.24) is 20.3 Å². The highest BCUT2D eigenvalue weighted by Gasteiger charge is 2.36. The third-order valence-electron chi connectivity index (χ3n) is 3.77. The van der Waals surface area contributed by atoms with E-state index in [0.29, 0.717) is 5.92 Å². The van der Waals surface area contributed by atoms with Crippen LogP contribution in [-0.2, 0) is 0 Å². The highest BCUT2D eigenvalue weighted by Crippen LogP contribution is 2.38. The Kier molecular flexibility index (Phi) is 1.83. The summed E-state index contributed by atoms with van der Waals surface area (Å²) in [6.07, 6.45) is 2.69. The molecule has 3 aliphatic heterocycles. The molecule has 0 aromatic carbocycles. The summed E-state index contributed by atoms with van der Waals surface area (Å²) in [7, 11) is 0. The third kappa shape index (κ3) is 1.17. The van der Waals surface area contributed by atoms with E-state index in [9.17, 15) is 0 Å². The zero-order valence-corrected chi connectivity index (χ0v) is 8.53. The molecule has 3 saturated heterocycles. The van der Waals surface area contributed by atoms with Crippen LogP contribution >= 0.6 is 0 Å². The van der Waals surface area contributed by atoms with E-state index in [1.165, 1.54) is 38.2 Å². The standard InChI is InChI=1S/C10H16N4/c1-7-10(12-13-11-7)9-6-14-4-2-8(9)3-5-14/h8-9H,2-6H2,1H3,(H,11,12,13). The fourth-order valence-electron chi connectivity index (χ4n) is 2.92. The van der Waals surface area contributed by atoms with Gasteiger partial charge in [0.25, 0.3) is 0 Å². The predicted octanol–water partition coefficient (Wildman–Crippen LogP) is 0.922. The molecule has 1 N–H and O–H groups in total. The van der Waals surface area contributed by atoms with Gasteiger partial charge in [-0.05, 0) is 38.8 Å². The maximum absolute atomic E-state index is 4.30. The Morgan fingerprint density at radius 2 is 2.07 bits per heavy atom. The monoisotopic (exact) mass is 192 g/mol. The molecule has 4 rings (SSSR count). The number of H-pyrrole nitrogens is 1. The van der Waals surface area contributed by atoms with Crippen molar-refractivity contribution in [2.24, 2.45) is 5.92 Å². The van der Waals surface area contributed by atoms with Crippen LogP contribution in [0.1, 0.15) is 30.1 Å². The number of aryl methyl sites for hydroxylation is 1. The molecule has 4 nitrogen and oxygen atoms in total. The van der Waals surface area contributed by atoms with E-state index in [1.54, 1.807) is 0 Å². The maximum Gasteiger partial charge on any atom is 0.0900 e. The van der Waals surface area contributed by atoms with Gasteiger partial charge in [0.1, 0.15) is 0 Å². The van der Waals surface area contributed by atoms with E-state index in [0.717, 1.165) is 11.6 Å². The van der Waals surface area contributed by atoms with E-state index in [2.05, 4.69) is 27.2 Å². The fraction of sp³-hybridized carbons (Fsp3) is 0.800. The second kappa shape index (κ2) is 3.05. The Hall–Kier alpha value is -0.900. The van der Waals surface area contributed by atoms with Gasteiger partial charge in [0.2, 0.25) is 0 Å². The lowest BCUT2D eigenvalue weighted by molar-refractivity contribution is 0.0851. The van der Waals surface area contributed by atoms with Crippen LogP contribution in [-0.4, -0.2) is 39.9 Å². The molecular formula is C10H16N4. The van der Waals surface area contributed by atoms with Gasteiger partial charge in [0, 0.05) is 12.5 Å². The number of rotatable bonds is 1. The smallest absolute Gasteiger partial charge is 0.0900 e. The summed E-state index contributed by atoms with van der Waals surface area (Å²) < 4.78 is 0. The van der Waals surface area contributed by atoms with Gasteiger partial charge in [-0.2, -0.15) is 15.4 Å². The van der Waals surface area contributed by atoms with Gasteiger partial charge in [-0.25, -0.2) is 0 Å². The molecule has 4 heteroatoms. The Morgan fingerprint density at radius 3 is 2.57 bits per heavy atom. The molecule has 1 aromatic heterocycles. The van der Waals surface area contributed by atoms with E-state index >= 15 is 0 Å². The molecular weight excluding hydrogens is 176 g/mol. The first-order valence-electron chi connectivity index (χ1n) is 5.44. The first kappa shape index (κ1) is 8.41. The first-order chi connectivity index (χ1) is 6.84. The lowest BCUT2D eigenvalue weighted by Crippen LogP contribution is -2.46. The quantitative estimate of drug-likeness (QED) is 0.719. The van der Waals surface area contributed by atoms with E-state index in [4.69, 9.17) is 0 Å². The van der Waals surface area contributed by atoms with Gasteiger partial charge in [-0.15, -0.1) is 0 Å². The van der Waals surface area contributed by atoms with Crippen LogP contribution in [0.5, 0.6) is 0 Å². The highest BCUT2D eigenvalue weighted by atomic mass is 15.3. The molecule has 4 heterocycles. The van der Waals surface area contributed by atoms with Crippen molar-refractivity contribution in [3.63, 3.8) is 0 Å². The molecule has 1 aromatic rings. The van der Waals surface area contributed by atoms with E-state index < -0.39 is 0 Å². The Balaban J connectivity index is 1.89. The molecule has 0 amide bonds. The number of hydrogen-bond acceptors (Lipinski definition) is 3. The van der Waals surface area contributed by atoms with Crippen LogP contribution in [0.2, 0.25) is 0 Å². The lowest BCUT2D eigenvalue weighted by Gasteiger charge is -2.44. The number of nitrogens with one attached hydrogen (secondary N) is 1. The molecule has 3 aliphatic rings. The average Bonchev–Trinajstić information content (AvgIpc) is 2.66. The average molecular weight is 192 g/mol. The van der Waals surface area contributed by atoms with Crippen LogP contribution in [0.3, 0.4) is 0 Å². The van der Waals surface area contributed by atoms with Crippen molar-refractivity contribution in [2.45, 2.75) is 25.7 Å². The van der Waals surface area contributed by atoms with Gasteiger partial charge < -0.3 is 4.90 Å². The van der Waals surface area contributed by atoms with Crippen LogP contribution in [0.25, 0.3) is 0 Å². The zero-order chi connectivity index (χ0) is 9.54. The number of hydrogen-bond donors (Lipinski definition) is 1. The Bertz CT molecular complexity index is 325. The summed E-state index contributed by atoms with van der Waals surface area (Å²) in [6.45, 7) is 5.82. The molecule has 3 fully saturated rings. The molecule has 2 bridgehead atoms. The predicted molar refractivity (Wildman–Crippen MR) is 53.0 cm³/mol. The van der Waals surface area contributed by atoms with Crippen LogP contribution < -0.4 is 0 Å². The summed E-state index contributed by atoms with van der Waals surface area (Å²) in [4.78, 5) is 2.55. The van der Waals surface area contributed by atoms with Crippen LogP contribution in [0.4, 0.5) is 0 Å². The van der Waals surface area contributed by atoms with Gasteiger partial charge >= 0.3 is 0 Å². The van der Waals surface area contributed by atoms with E-state index in [1.807, 2.05) is 0 Å². The van der Waals surface area contributed by atoms with Gasteiger partial charge in [0.15, 0.2) is 0 Å². The number of aromatic amines is 1. The Labute approximate surface area is 83.7 Å². The van der Waals surface area contributed by atoms with Crippen LogP contribution in [0.15, 0.2) is 0 Å². The van der Waals surface area contributed by atoms with Gasteiger partial charge in [0.05, 0.1) is 11.4 Å². The molecule has 0 aliphatic carbocycles. The van der Waals surface area contributed by atoms with Crippen LogP contribution in [0, 0.1) is 12.8 Å².